The number of hydrogen-bond acceptors (Lipinski definition) is 4. The maximum absolute atomic E-state index is 14.5. The minimum atomic E-state index is -3.80. The summed E-state index contributed by atoms with van der Waals surface area (Å²) in [5.74, 6) is 0.587. The molecule has 4 fully saturated rings. The predicted octanol–water partition coefficient (Wildman–Crippen LogP) is 4.15. The Balaban J connectivity index is 1.54. The second kappa shape index (κ2) is 6.87. The van der Waals surface area contributed by atoms with Crippen LogP contribution in [0.15, 0.2) is 12.1 Å². The Bertz CT molecular complexity index is 882. The molecule has 1 N–H and O–H groups in total. The second-order valence-corrected chi connectivity index (χ2v) is 11.2. The zero-order valence-corrected chi connectivity index (χ0v) is 17.6. The number of halogens is 2. The predicted molar refractivity (Wildman–Crippen MR) is 104 cm³/mol. The third-order valence-electron chi connectivity index (χ3n) is 6.80. The van der Waals surface area contributed by atoms with E-state index in [4.69, 9.17) is 16.3 Å². The maximum Gasteiger partial charge on any atom is 0.267 e. The summed E-state index contributed by atoms with van der Waals surface area (Å²) < 4.78 is 44.8. The van der Waals surface area contributed by atoms with Crippen LogP contribution in [0.2, 0.25) is 5.02 Å². The Morgan fingerprint density at radius 3 is 2.25 bits per heavy atom. The van der Waals surface area contributed by atoms with Crippen LogP contribution in [-0.4, -0.2) is 26.7 Å². The van der Waals surface area contributed by atoms with Crippen LogP contribution in [0.3, 0.4) is 0 Å². The normalized spacial score (nSPS) is 32.2. The molecule has 0 aliphatic heterocycles. The van der Waals surface area contributed by atoms with Crippen molar-refractivity contribution in [3.8, 4) is 5.75 Å². The molecule has 0 heterocycles. The van der Waals surface area contributed by atoms with Gasteiger partial charge in [0.15, 0.2) is 0 Å². The largest absolute Gasteiger partial charge is 0.488 e. The smallest absolute Gasteiger partial charge is 0.267 e. The van der Waals surface area contributed by atoms with E-state index in [9.17, 15) is 17.6 Å². The Morgan fingerprint density at radius 1 is 1.21 bits per heavy atom. The zero-order chi connectivity index (χ0) is 20.3. The van der Waals surface area contributed by atoms with Gasteiger partial charge in [-0.25, -0.2) is 17.5 Å². The van der Waals surface area contributed by atoms with Gasteiger partial charge in [0.05, 0.1) is 16.8 Å². The third kappa shape index (κ3) is 3.75. The van der Waals surface area contributed by atoms with Crippen molar-refractivity contribution in [3.63, 3.8) is 0 Å². The number of hydrogen-bond donors (Lipinski definition) is 1. The summed E-state index contributed by atoms with van der Waals surface area (Å²) in [6.45, 7) is 2.03. The summed E-state index contributed by atoms with van der Waals surface area (Å²) in [7, 11) is -3.80. The van der Waals surface area contributed by atoms with Crippen LogP contribution in [0.1, 0.15) is 55.8 Å². The minimum Gasteiger partial charge on any atom is -0.488 e. The minimum absolute atomic E-state index is 0.0941. The van der Waals surface area contributed by atoms with E-state index >= 15 is 0 Å². The summed E-state index contributed by atoms with van der Waals surface area (Å²) in [6.07, 6.45) is 8.14. The topological polar surface area (TPSA) is 72.5 Å². The number of amides is 1. The Kier molecular flexibility index (Phi) is 4.90. The first-order chi connectivity index (χ1) is 13.0. The number of nitrogens with one attached hydrogen (secondary N) is 1. The number of ether oxygens (including phenoxy) is 1. The van der Waals surface area contributed by atoms with Gasteiger partial charge in [0, 0.05) is 11.5 Å². The van der Waals surface area contributed by atoms with E-state index in [1.165, 1.54) is 19.3 Å². The number of benzene rings is 1. The lowest BCUT2D eigenvalue weighted by Gasteiger charge is -2.58. The second-order valence-electron chi connectivity index (χ2n) is 9.01. The molecule has 0 spiro atoms. The SMILES string of the molecule is CC(Oc1cc(F)c(C(=O)NS(C)(=O)=O)cc1Cl)C12CC3CC(CC(C3)C1)C2. The Labute approximate surface area is 170 Å². The van der Waals surface area contributed by atoms with E-state index in [1.807, 2.05) is 6.92 Å². The zero-order valence-electron chi connectivity index (χ0n) is 16.0. The van der Waals surface area contributed by atoms with E-state index in [2.05, 4.69) is 0 Å². The lowest BCUT2D eigenvalue weighted by Crippen LogP contribution is -2.52. The first-order valence-corrected chi connectivity index (χ1v) is 12.0. The lowest BCUT2D eigenvalue weighted by atomic mass is 9.48. The van der Waals surface area contributed by atoms with Crippen molar-refractivity contribution in [2.45, 2.75) is 51.6 Å². The molecule has 154 valence electrons. The molecule has 1 aromatic rings. The van der Waals surface area contributed by atoms with Gasteiger partial charge in [0.2, 0.25) is 10.0 Å². The summed E-state index contributed by atoms with van der Waals surface area (Å²) >= 11 is 6.25. The summed E-state index contributed by atoms with van der Waals surface area (Å²) in [5.41, 5.74) is -0.314. The summed E-state index contributed by atoms with van der Waals surface area (Å²) in [6, 6.07) is 2.20. The number of sulfonamides is 1. The molecule has 0 saturated heterocycles. The first kappa shape index (κ1) is 20.0. The molecule has 28 heavy (non-hydrogen) atoms. The molecule has 4 bridgehead atoms. The van der Waals surface area contributed by atoms with Crippen LogP contribution < -0.4 is 9.46 Å². The van der Waals surface area contributed by atoms with Crippen LogP contribution >= 0.6 is 11.6 Å². The van der Waals surface area contributed by atoms with E-state index in [0.717, 1.165) is 55.4 Å². The molecule has 1 unspecified atom stereocenters. The first-order valence-electron chi connectivity index (χ1n) is 9.72. The molecule has 4 saturated carbocycles. The van der Waals surface area contributed by atoms with Crippen LogP contribution in [0.4, 0.5) is 4.39 Å². The van der Waals surface area contributed by atoms with Gasteiger partial charge in [0.1, 0.15) is 17.7 Å². The summed E-state index contributed by atoms with van der Waals surface area (Å²) in [4.78, 5) is 12.0. The molecule has 4 aliphatic carbocycles. The lowest BCUT2D eigenvalue weighted by molar-refractivity contribution is -0.105. The van der Waals surface area contributed by atoms with Gasteiger partial charge in [-0.1, -0.05) is 11.6 Å². The average molecular weight is 430 g/mol. The van der Waals surface area contributed by atoms with Crippen molar-refractivity contribution in [3.05, 3.63) is 28.5 Å². The van der Waals surface area contributed by atoms with Gasteiger partial charge in [-0.05, 0) is 69.3 Å². The molecule has 1 aromatic carbocycles. The van der Waals surface area contributed by atoms with Crippen molar-refractivity contribution < 1.29 is 22.3 Å². The molecular weight excluding hydrogens is 405 g/mol. The Hall–Kier alpha value is -1.34. The standard InChI is InChI=1S/C20H25ClFNO4S/c1-11(20-8-12-3-13(9-20)5-14(4-12)10-20)27-18-7-17(22)15(6-16(18)21)19(24)23-28(2,25)26/h6-7,11-14H,3-5,8-10H2,1-2H3,(H,23,24). The highest BCUT2D eigenvalue weighted by molar-refractivity contribution is 7.89. The molecule has 0 aromatic heterocycles. The molecule has 4 aliphatic rings. The van der Waals surface area contributed by atoms with E-state index < -0.39 is 27.3 Å². The molecular formula is C20H25ClFNO4S. The van der Waals surface area contributed by atoms with Gasteiger partial charge < -0.3 is 4.74 Å². The van der Waals surface area contributed by atoms with Gasteiger partial charge in [-0.2, -0.15) is 0 Å². The van der Waals surface area contributed by atoms with Crippen molar-refractivity contribution in [1.29, 1.82) is 0 Å². The number of carbonyl (C=O) groups excluding carboxylic acids is 1. The maximum atomic E-state index is 14.5. The molecule has 0 radical (unpaired) electrons. The van der Waals surface area contributed by atoms with Crippen molar-refractivity contribution in [1.82, 2.24) is 4.72 Å². The van der Waals surface area contributed by atoms with Gasteiger partial charge in [-0.3, -0.25) is 4.79 Å². The third-order valence-corrected chi connectivity index (χ3v) is 7.65. The van der Waals surface area contributed by atoms with E-state index in [-0.39, 0.29) is 22.3 Å². The molecule has 5 rings (SSSR count). The average Bonchev–Trinajstić information content (AvgIpc) is 2.54. The van der Waals surface area contributed by atoms with Crippen LogP contribution in [0, 0.1) is 29.0 Å². The highest BCUT2D eigenvalue weighted by atomic mass is 35.5. The quantitative estimate of drug-likeness (QED) is 0.763. The molecule has 8 heteroatoms. The number of rotatable bonds is 5. The van der Waals surface area contributed by atoms with Gasteiger partial charge in [-0.15, -0.1) is 0 Å². The van der Waals surface area contributed by atoms with Crippen LogP contribution in [-0.2, 0) is 10.0 Å². The van der Waals surface area contributed by atoms with Crippen molar-refractivity contribution in [2.75, 3.05) is 6.26 Å². The van der Waals surface area contributed by atoms with Crippen molar-refractivity contribution >= 4 is 27.5 Å². The van der Waals surface area contributed by atoms with Crippen molar-refractivity contribution in [2.24, 2.45) is 23.2 Å². The fraction of sp³-hybridized carbons (Fsp3) is 0.650. The Morgan fingerprint density at radius 2 is 1.75 bits per heavy atom. The molecule has 1 atom stereocenters. The monoisotopic (exact) mass is 429 g/mol. The fourth-order valence-electron chi connectivity index (χ4n) is 6.01. The molecule has 1 amide bonds. The number of carbonyl (C=O) groups is 1. The van der Waals surface area contributed by atoms with E-state index in [0.29, 0.717) is 0 Å². The highest BCUT2D eigenvalue weighted by Crippen LogP contribution is 2.61. The summed E-state index contributed by atoms with van der Waals surface area (Å²) in [5, 5.41) is 0.0941. The van der Waals surface area contributed by atoms with Crippen LogP contribution in [0.5, 0.6) is 5.75 Å². The fourth-order valence-corrected chi connectivity index (χ4v) is 6.66. The highest BCUT2D eigenvalue weighted by Gasteiger charge is 2.54. The molecule has 5 nitrogen and oxygen atoms in total. The van der Waals surface area contributed by atoms with Crippen LogP contribution in [0.25, 0.3) is 0 Å². The van der Waals surface area contributed by atoms with Gasteiger partial charge >= 0.3 is 0 Å². The van der Waals surface area contributed by atoms with Gasteiger partial charge in [0.25, 0.3) is 5.91 Å². The van der Waals surface area contributed by atoms with E-state index in [1.54, 1.807) is 4.72 Å².